The molecule has 0 bridgehead atoms. The summed E-state index contributed by atoms with van der Waals surface area (Å²) in [5.41, 5.74) is 0.405. The Balaban J connectivity index is 1.98. The highest BCUT2D eigenvalue weighted by Gasteiger charge is 2.40. The summed E-state index contributed by atoms with van der Waals surface area (Å²) < 4.78 is 15.3. The van der Waals surface area contributed by atoms with E-state index in [0.717, 1.165) is 0 Å². The van der Waals surface area contributed by atoms with Crippen LogP contribution in [0.5, 0.6) is 0 Å². The van der Waals surface area contributed by atoms with E-state index in [9.17, 15) is 9.90 Å². The van der Waals surface area contributed by atoms with Crippen molar-refractivity contribution in [3.05, 3.63) is 35.9 Å². The number of benzene rings is 1. The molecule has 0 spiro atoms. The monoisotopic (exact) mass is 263 g/mol. The van der Waals surface area contributed by atoms with Gasteiger partial charge in [-0.2, -0.15) is 5.26 Å². The summed E-state index contributed by atoms with van der Waals surface area (Å²) in [4.78, 5) is 11.8. The van der Waals surface area contributed by atoms with Crippen LogP contribution in [0.25, 0.3) is 0 Å². The molecule has 1 aliphatic rings. The second-order valence-electron chi connectivity index (χ2n) is 3.97. The third kappa shape index (κ3) is 3.29. The highest BCUT2D eigenvalue weighted by atomic mass is 16.7. The Hall–Kier alpha value is -1.94. The lowest BCUT2D eigenvalue weighted by Crippen LogP contribution is -2.36. The van der Waals surface area contributed by atoms with Gasteiger partial charge in [0.25, 0.3) is 0 Å². The maximum atomic E-state index is 11.8. The number of carbonyl (C=O) groups excluding carboxylic acids is 1. The van der Waals surface area contributed by atoms with Crippen LogP contribution in [0, 0.1) is 11.3 Å². The normalized spacial score (nSPS) is 25.8. The van der Waals surface area contributed by atoms with Crippen molar-refractivity contribution in [2.24, 2.45) is 0 Å². The van der Waals surface area contributed by atoms with Crippen LogP contribution in [0.1, 0.15) is 10.4 Å². The lowest BCUT2D eigenvalue weighted by Gasteiger charge is -2.19. The highest BCUT2D eigenvalue weighted by molar-refractivity contribution is 5.89. The van der Waals surface area contributed by atoms with Gasteiger partial charge in [-0.15, -0.1) is 0 Å². The summed E-state index contributed by atoms with van der Waals surface area (Å²) in [6.45, 7) is -0.166. The maximum Gasteiger partial charge on any atom is 0.338 e. The van der Waals surface area contributed by atoms with Crippen molar-refractivity contribution < 1.29 is 24.1 Å². The van der Waals surface area contributed by atoms with E-state index in [2.05, 4.69) is 0 Å². The molecule has 6 nitrogen and oxygen atoms in total. The fraction of sp³-hybridized carbons (Fsp3) is 0.385. The van der Waals surface area contributed by atoms with Gasteiger partial charge in [0.2, 0.25) is 0 Å². The summed E-state index contributed by atoms with van der Waals surface area (Å²) in [5, 5.41) is 18.0. The van der Waals surface area contributed by atoms with Crippen LogP contribution in [0.3, 0.4) is 0 Å². The highest BCUT2D eigenvalue weighted by Crippen LogP contribution is 2.20. The zero-order valence-corrected chi connectivity index (χ0v) is 10.1. The lowest BCUT2D eigenvalue weighted by atomic mass is 10.2. The van der Waals surface area contributed by atoms with Gasteiger partial charge in [-0.05, 0) is 12.1 Å². The van der Waals surface area contributed by atoms with Gasteiger partial charge in [-0.1, -0.05) is 18.2 Å². The SMILES string of the molecule is N#CCO[C@H]1C(O)OC[C@H]1OC(=O)c1ccccc1. The van der Waals surface area contributed by atoms with E-state index in [-0.39, 0.29) is 13.2 Å². The van der Waals surface area contributed by atoms with E-state index in [1.807, 2.05) is 0 Å². The van der Waals surface area contributed by atoms with E-state index in [4.69, 9.17) is 19.5 Å². The number of aliphatic hydroxyl groups excluding tert-OH is 1. The van der Waals surface area contributed by atoms with Crippen molar-refractivity contribution in [3.8, 4) is 6.07 Å². The third-order valence-corrected chi connectivity index (χ3v) is 2.69. The molecule has 0 aliphatic carbocycles. The quantitative estimate of drug-likeness (QED) is 0.794. The Bertz CT molecular complexity index is 470. The van der Waals surface area contributed by atoms with E-state index in [1.54, 1.807) is 36.4 Å². The lowest BCUT2D eigenvalue weighted by molar-refractivity contribution is -0.129. The number of ether oxygens (including phenoxy) is 3. The number of carbonyl (C=O) groups is 1. The number of aliphatic hydroxyl groups is 1. The van der Waals surface area contributed by atoms with Crippen LogP contribution in [0.4, 0.5) is 0 Å². The van der Waals surface area contributed by atoms with Gasteiger partial charge >= 0.3 is 5.97 Å². The van der Waals surface area contributed by atoms with E-state index in [1.165, 1.54) is 0 Å². The molecule has 1 unspecified atom stereocenters. The number of nitrogens with zero attached hydrogens (tertiary/aromatic N) is 1. The minimum Gasteiger partial charge on any atom is -0.453 e. The molecule has 1 aromatic carbocycles. The Morgan fingerprint density at radius 2 is 2.21 bits per heavy atom. The second-order valence-corrected chi connectivity index (χ2v) is 3.97. The van der Waals surface area contributed by atoms with Gasteiger partial charge in [-0.25, -0.2) is 4.79 Å². The first-order valence-electron chi connectivity index (χ1n) is 5.76. The molecule has 100 valence electrons. The minimum atomic E-state index is -1.19. The summed E-state index contributed by atoms with van der Waals surface area (Å²) >= 11 is 0. The molecule has 1 aliphatic heterocycles. The molecule has 3 atom stereocenters. The summed E-state index contributed by atoms with van der Waals surface area (Å²) in [6, 6.07) is 10.3. The molecule has 0 amide bonds. The number of hydrogen-bond donors (Lipinski definition) is 1. The zero-order valence-electron chi connectivity index (χ0n) is 10.1. The van der Waals surface area contributed by atoms with Crippen molar-refractivity contribution in [2.45, 2.75) is 18.5 Å². The van der Waals surface area contributed by atoms with Crippen molar-refractivity contribution in [1.82, 2.24) is 0 Å². The molecular weight excluding hydrogens is 250 g/mol. The average molecular weight is 263 g/mol. The minimum absolute atomic E-state index is 0.0375. The zero-order chi connectivity index (χ0) is 13.7. The second kappa shape index (κ2) is 6.29. The molecule has 1 aromatic rings. The van der Waals surface area contributed by atoms with Gasteiger partial charge in [0.05, 0.1) is 18.2 Å². The van der Waals surface area contributed by atoms with Crippen LogP contribution in [-0.2, 0) is 14.2 Å². The van der Waals surface area contributed by atoms with Crippen LogP contribution >= 0.6 is 0 Å². The smallest absolute Gasteiger partial charge is 0.338 e. The van der Waals surface area contributed by atoms with Crippen LogP contribution < -0.4 is 0 Å². The number of esters is 1. The topological polar surface area (TPSA) is 88.8 Å². The Morgan fingerprint density at radius 3 is 2.89 bits per heavy atom. The van der Waals surface area contributed by atoms with Gasteiger partial charge in [0, 0.05) is 0 Å². The Labute approximate surface area is 110 Å². The van der Waals surface area contributed by atoms with Crippen LogP contribution in [0.15, 0.2) is 30.3 Å². The molecule has 1 N–H and O–H groups in total. The van der Waals surface area contributed by atoms with Crippen molar-refractivity contribution in [2.75, 3.05) is 13.2 Å². The fourth-order valence-electron chi connectivity index (χ4n) is 1.77. The average Bonchev–Trinajstić information content (AvgIpc) is 2.78. The Morgan fingerprint density at radius 1 is 1.47 bits per heavy atom. The molecule has 19 heavy (non-hydrogen) atoms. The molecule has 6 heteroatoms. The predicted molar refractivity (Wildman–Crippen MR) is 63.0 cm³/mol. The number of hydrogen-bond acceptors (Lipinski definition) is 6. The van der Waals surface area contributed by atoms with E-state index < -0.39 is 24.5 Å². The third-order valence-electron chi connectivity index (χ3n) is 2.69. The summed E-state index contributed by atoms with van der Waals surface area (Å²) in [7, 11) is 0. The van der Waals surface area contributed by atoms with Crippen LogP contribution in [-0.4, -0.2) is 42.8 Å². The maximum absolute atomic E-state index is 11.8. The number of nitriles is 1. The van der Waals surface area contributed by atoms with Gasteiger partial charge < -0.3 is 19.3 Å². The molecule has 1 saturated heterocycles. The van der Waals surface area contributed by atoms with E-state index >= 15 is 0 Å². The van der Waals surface area contributed by atoms with Crippen molar-refractivity contribution >= 4 is 5.97 Å². The van der Waals surface area contributed by atoms with Gasteiger partial charge in [0.1, 0.15) is 12.7 Å². The summed E-state index contributed by atoms with van der Waals surface area (Å²) in [6.07, 6.45) is -2.76. The van der Waals surface area contributed by atoms with Gasteiger partial charge in [-0.3, -0.25) is 0 Å². The summed E-state index contributed by atoms with van der Waals surface area (Å²) in [5.74, 6) is -0.520. The fourth-order valence-corrected chi connectivity index (χ4v) is 1.77. The van der Waals surface area contributed by atoms with E-state index in [0.29, 0.717) is 5.56 Å². The molecule has 0 saturated carbocycles. The predicted octanol–water partition coefficient (Wildman–Crippen LogP) is 0.469. The standard InChI is InChI=1S/C13H13NO5/c14-6-7-17-11-10(8-18-13(11)16)19-12(15)9-4-2-1-3-5-9/h1-5,10-11,13,16H,7-8H2/t10-,11-,13?/m1/s1. The largest absolute Gasteiger partial charge is 0.453 e. The van der Waals surface area contributed by atoms with Crippen molar-refractivity contribution in [3.63, 3.8) is 0 Å². The van der Waals surface area contributed by atoms with Gasteiger partial charge in [0.15, 0.2) is 12.4 Å². The van der Waals surface area contributed by atoms with Crippen molar-refractivity contribution in [1.29, 1.82) is 5.26 Å². The first kappa shape index (κ1) is 13.5. The van der Waals surface area contributed by atoms with Crippen LogP contribution in [0.2, 0.25) is 0 Å². The molecule has 1 heterocycles. The molecule has 0 radical (unpaired) electrons. The molecular formula is C13H13NO5. The first-order chi connectivity index (χ1) is 9.22. The number of rotatable bonds is 4. The Kier molecular flexibility index (Phi) is 4.47. The molecule has 2 rings (SSSR count). The molecule has 1 fully saturated rings. The molecule has 0 aromatic heterocycles. The first-order valence-corrected chi connectivity index (χ1v) is 5.76.